The predicted octanol–water partition coefficient (Wildman–Crippen LogP) is 5.41. The first-order valence-electron chi connectivity index (χ1n) is 9.68. The molecule has 1 aromatic heterocycles. The van der Waals surface area contributed by atoms with Crippen LogP contribution in [0, 0.1) is 10.1 Å². The molecule has 2 aromatic carbocycles. The van der Waals surface area contributed by atoms with E-state index in [4.69, 9.17) is 9.47 Å². The molecule has 1 N–H and O–H groups in total. The largest absolute Gasteiger partial charge is 0.466 e. The first kappa shape index (κ1) is 24.6. The smallest absolute Gasteiger partial charge is 0.416 e. The van der Waals surface area contributed by atoms with E-state index < -0.39 is 28.3 Å². The second-order valence-corrected chi connectivity index (χ2v) is 7.47. The number of ether oxygens (including phenoxy) is 2. The summed E-state index contributed by atoms with van der Waals surface area (Å²) < 4.78 is 48.9. The fourth-order valence-corrected chi connectivity index (χ4v) is 3.33. The number of esters is 1. The number of hydrogen-bond acceptors (Lipinski definition) is 9. The lowest BCUT2D eigenvalue weighted by atomic mass is 10.2. The fourth-order valence-electron chi connectivity index (χ4n) is 2.67. The van der Waals surface area contributed by atoms with Crippen molar-refractivity contribution >= 4 is 34.3 Å². The van der Waals surface area contributed by atoms with Gasteiger partial charge in [0.15, 0.2) is 0 Å². The molecule has 0 fully saturated rings. The Morgan fingerprint density at radius 1 is 1.29 bits per heavy atom. The molecule has 9 nitrogen and oxygen atoms in total. The zero-order chi connectivity index (χ0) is 24.7. The highest BCUT2D eigenvalue weighted by Crippen LogP contribution is 2.35. The molecule has 13 heteroatoms. The molecule has 0 aliphatic rings. The third kappa shape index (κ3) is 6.75. The van der Waals surface area contributed by atoms with Crippen molar-refractivity contribution in [1.29, 1.82) is 0 Å². The van der Waals surface area contributed by atoms with Crippen LogP contribution in [0.5, 0.6) is 11.5 Å². The minimum absolute atomic E-state index is 0.0231. The molecule has 34 heavy (non-hydrogen) atoms. The number of nitro groups is 1. The van der Waals surface area contributed by atoms with Crippen molar-refractivity contribution in [3.63, 3.8) is 0 Å². The van der Waals surface area contributed by atoms with E-state index in [-0.39, 0.29) is 24.5 Å². The van der Waals surface area contributed by atoms with Crippen LogP contribution in [0.3, 0.4) is 0 Å². The van der Waals surface area contributed by atoms with Gasteiger partial charge in [-0.15, -0.1) is 11.3 Å². The summed E-state index contributed by atoms with van der Waals surface area (Å²) in [5, 5.41) is 17.5. The summed E-state index contributed by atoms with van der Waals surface area (Å²) in [4.78, 5) is 26.4. The number of nitrogens with zero attached hydrogens (tertiary/aromatic N) is 3. The minimum atomic E-state index is -4.57. The van der Waals surface area contributed by atoms with E-state index in [1.54, 1.807) is 12.3 Å². The molecule has 0 amide bonds. The van der Waals surface area contributed by atoms with Gasteiger partial charge < -0.3 is 9.47 Å². The highest BCUT2D eigenvalue weighted by molar-refractivity contribution is 7.13. The van der Waals surface area contributed by atoms with E-state index >= 15 is 0 Å². The number of aromatic nitrogens is 1. The van der Waals surface area contributed by atoms with Gasteiger partial charge in [0.2, 0.25) is 10.9 Å². The highest BCUT2D eigenvalue weighted by Gasteiger charge is 2.30. The van der Waals surface area contributed by atoms with E-state index in [1.165, 1.54) is 41.8 Å². The Kier molecular flexibility index (Phi) is 7.79. The second-order valence-electron chi connectivity index (χ2n) is 6.61. The molecule has 0 bridgehead atoms. The third-order valence-corrected chi connectivity index (χ3v) is 4.92. The molecule has 3 aromatic rings. The van der Waals surface area contributed by atoms with Gasteiger partial charge in [-0.25, -0.2) is 4.98 Å². The number of hydrazone groups is 1. The van der Waals surface area contributed by atoms with Crippen molar-refractivity contribution in [3.8, 4) is 11.5 Å². The predicted molar refractivity (Wildman–Crippen MR) is 118 cm³/mol. The number of benzene rings is 2. The summed E-state index contributed by atoms with van der Waals surface area (Å²) in [6, 6.07) is 7.93. The third-order valence-electron chi connectivity index (χ3n) is 4.13. The van der Waals surface area contributed by atoms with Gasteiger partial charge in [0, 0.05) is 17.0 Å². The quantitative estimate of drug-likeness (QED) is 0.183. The van der Waals surface area contributed by atoms with Crippen molar-refractivity contribution in [3.05, 3.63) is 74.8 Å². The van der Waals surface area contributed by atoms with Crippen LogP contribution >= 0.6 is 11.3 Å². The number of thiazole rings is 1. The average Bonchev–Trinajstić information content (AvgIpc) is 3.21. The highest BCUT2D eigenvalue weighted by atomic mass is 32.1. The van der Waals surface area contributed by atoms with Crippen LogP contribution < -0.4 is 10.2 Å². The normalized spacial score (nSPS) is 11.4. The van der Waals surface area contributed by atoms with E-state index in [0.717, 1.165) is 18.2 Å². The van der Waals surface area contributed by atoms with E-state index in [9.17, 15) is 28.1 Å². The number of nitrogens with one attached hydrogen (secondary N) is 1. The first-order chi connectivity index (χ1) is 16.2. The molecular weight excluding hydrogens is 477 g/mol. The molecule has 3 rings (SSSR count). The molecule has 1 heterocycles. The van der Waals surface area contributed by atoms with E-state index in [2.05, 4.69) is 15.5 Å². The van der Waals surface area contributed by atoms with Gasteiger partial charge in [0.1, 0.15) is 5.75 Å². The summed E-state index contributed by atoms with van der Waals surface area (Å²) in [5.74, 6) is -0.816. The van der Waals surface area contributed by atoms with Gasteiger partial charge >= 0.3 is 17.8 Å². The lowest BCUT2D eigenvalue weighted by Crippen LogP contribution is -2.07. The van der Waals surface area contributed by atoms with Crippen molar-refractivity contribution < 1.29 is 32.4 Å². The number of anilines is 1. The lowest BCUT2D eigenvalue weighted by molar-refractivity contribution is -0.385. The Morgan fingerprint density at radius 3 is 2.79 bits per heavy atom. The van der Waals surface area contributed by atoms with Crippen molar-refractivity contribution in [2.24, 2.45) is 5.10 Å². The summed E-state index contributed by atoms with van der Waals surface area (Å²) >= 11 is 1.21. The van der Waals surface area contributed by atoms with E-state index in [0.29, 0.717) is 16.4 Å². The average molecular weight is 494 g/mol. The minimum Gasteiger partial charge on any atom is -0.466 e. The Balaban J connectivity index is 1.70. The molecule has 0 spiro atoms. The fraction of sp³-hybridized carbons (Fsp3) is 0.190. The number of rotatable bonds is 9. The van der Waals surface area contributed by atoms with Crippen LogP contribution in [0.1, 0.15) is 23.7 Å². The van der Waals surface area contributed by atoms with Gasteiger partial charge in [-0.05, 0) is 37.3 Å². The van der Waals surface area contributed by atoms with Gasteiger partial charge in [-0.1, -0.05) is 6.07 Å². The summed E-state index contributed by atoms with van der Waals surface area (Å²) in [6.07, 6.45) is -3.25. The molecule has 0 aliphatic carbocycles. The molecule has 0 radical (unpaired) electrons. The first-order valence-corrected chi connectivity index (χ1v) is 10.6. The Morgan fingerprint density at radius 2 is 2.09 bits per heavy atom. The van der Waals surface area contributed by atoms with Crippen LogP contribution in [0.4, 0.5) is 24.0 Å². The standard InChI is InChI=1S/C21H17F3N4O5S/c1-2-32-19(29)10-15-12-34-20(26-15)27-25-11-13-6-7-18(17(8-13)28(30)31)33-16-5-3-4-14(9-16)21(22,23)24/h3-9,11-12H,2,10H2,1H3,(H,26,27). The van der Waals surface area contributed by atoms with Crippen LogP contribution in [0.15, 0.2) is 52.9 Å². The van der Waals surface area contributed by atoms with E-state index in [1.807, 2.05) is 0 Å². The van der Waals surface area contributed by atoms with Crippen molar-refractivity contribution in [1.82, 2.24) is 4.98 Å². The molecule has 0 saturated heterocycles. The van der Waals surface area contributed by atoms with Gasteiger partial charge in [-0.3, -0.25) is 20.3 Å². The number of halogens is 3. The Bertz CT molecular complexity index is 1210. The number of alkyl halides is 3. The number of hydrogen-bond donors (Lipinski definition) is 1. The monoisotopic (exact) mass is 494 g/mol. The Hall–Kier alpha value is -4.00. The van der Waals surface area contributed by atoms with Crippen LogP contribution in [-0.4, -0.2) is 28.7 Å². The number of carbonyl (C=O) groups is 1. The zero-order valence-corrected chi connectivity index (χ0v) is 18.4. The molecule has 0 saturated carbocycles. The summed E-state index contributed by atoms with van der Waals surface area (Å²) in [7, 11) is 0. The van der Waals surface area contributed by atoms with Gasteiger partial charge in [-0.2, -0.15) is 18.3 Å². The molecular formula is C21H17F3N4O5S. The van der Waals surface area contributed by atoms with Crippen molar-refractivity contribution in [2.75, 3.05) is 12.0 Å². The maximum absolute atomic E-state index is 12.9. The van der Waals surface area contributed by atoms with Gasteiger partial charge in [0.05, 0.1) is 35.4 Å². The summed E-state index contributed by atoms with van der Waals surface area (Å²) in [6.45, 7) is 1.98. The van der Waals surface area contributed by atoms with Crippen LogP contribution in [-0.2, 0) is 22.1 Å². The SMILES string of the molecule is CCOC(=O)Cc1csc(NN=Cc2ccc(Oc3cccc(C(F)(F)F)c3)c([N+](=O)[O-])c2)n1. The van der Waals surface area contributed by atoms with Crippen LogP contribution in [0.25, 0.3) is 0 Å². The number of nitro benzene ring substituents is 1. The molecule has 0 atom stereocenters. The lowest BCUT2D eigenvalue weighted by Gasteiger charge is -2.10. The Labute approximate surface area is 195 Å². The van der Waals surface area contributed by atoms with Crippen molar-refractivity contribution in [2.45, 2.75) is 19.5 Å². The van der Waals surface area contributed by atoms with Crippen LogP contribution in [0.2, 0.25) is 0 Å². The molecule has 0 aliphatic heterocycles. The maximum Gasteiger partial charge on any atom is 0.416 e. The van der Waals surface area contributed by atoms with Gasteiger partial charge in [0.25, 0.3) is 0 Å². The molecule has 178 valence electrons. The molecule has 0 unspecified atom stereocenters. The second kappa shape index (κ2) is 10.7. The topological polar surface area (TPSA) is 116 Å². The maximum atomic E-state index is 12.9. The zero-order valence-electron chi connectivity index (χ0n) is 17.5. The number of carbonyl (C=O) groups excluding carboxylic acids is 1. The summed E-state index contributed by atoms with van der Waals surface area (Å²) in [5.41, 5.74) is 2.11.